The van der Waals surface area contributed by atoms with Crippen molar-refractivity contribution in [1.82, 2.24) is 9.55 Å². The van der Waals surface area contributed by atoms with Crippen molar-refractivity contribution in [2.45, 2.75) is 11.4 Å². The lowest BCUT2D eigenvalue weighted by Gasteiger charge is -2.04. The highest BCUT2D eigenvalue weighted by Gasteiger charge is 2.06. The van der Waals surface area contributed by atoms with Crippen molar-refractivity contribution < 1.29 is 8.42 Å². The molecule has 0 radical (unpaired) electrons. The van der Waals surface area contributed by atoms with E-state index in [0.29, 0.717) is 16.2 Å². The Morgan fingerprint density at radius 1 is 1.29 bits per heavy atom. The molecular formula is C11H12N2O2S2. The molecule has 0 aliphatic rings. The molecule has 0 saturated carbocycles. The molecule has 0 aliphatic heterocycles. The fourth-order valence-electron chi connectivity index (χ4n) is 1.51. The van der Waals surface area contributed by atoms with E-state index >= 15 is 0 Å². The molecule has 1 N–H and O–H groups in total. The van der Waals surface area contributed by atoms with Crippen molar-refractivity contribution >= 4 is 22.1 Å². The summed E-state index contributed by atoms with van der Waals surface area (Å²) in [5.41, 5.74) is 1.01. The van der Waals surface area contributed by atoms with Crippen molar-refractivity contribution in [2.24, 2.45) is 0 Å². The highest BCUT2D eigenvalue weighted by Crippen LogP contribution is 2.11. The average Bonchev–Trinajstić information content (AvgIpc) is 2.64. The Morgan fingerprint density at radius 3 is 2.41 bits per heavy atom. The zero-order chi connectivity index (χ0) is 12.5. The number of aromatic nitrogens is 2. The predicted molar refractivity (Wildman–Crippen MR) is 68.3 cm³/mol. The van der Waals surface area contributed by atoms with Crippen LogP contribution >= 0.6 is 12.2 Å². The SMILES string of the molecule is CS(=O)(=O)c1ccc(Cn2cc[nH]c2=S)cc1. The third kappa shape index (κ3) is 2.83. The van der Waals surface area contributed by atoms with Crippen molar-refractivity contribution in [3.63, 3.8) is 0 Å². The third-order valence-corrected chi connectivity index (χ3v) is 3.91. The van der Waals surface area contributed by atoms with Gasteiger partial charge in [0.2, 0.25) is 0 Å². The molecule has 0 unspecified atom stereocenters. The zero-order valence-corrected chi connectivity index (χ0v) is 10.9. The summed E-state index contributed by atoms with van der Waals surface area (Å²) in [5.74, 6) is 0. The van der Waals surface area contributed by atoms with Gasteiger partial charge in [-0.15, -0.1) is 0 Å². The molecule has 90 valence electrons. The minimum absolute atomic E-state index is 0.332. The monoisotopic (exact) mass is 268 g/mol. The second kappa shape index (κ2) is 4.46. The number of H-pyrrole nitrogens is 1. The van der Waals surface area contributed by atoms with Crippen LogP contribution in [0, 0.1) is 4.77 Å². The van der Waals surface area contributed by atoms with E-state index in [1.54, 1.807) is 30.5 Å². The summed E-state index contributed by atoms with van der Waals surface area (Å²) in [6.45, 7) is 0.631. The summed E-state index contributed by atoms with van der Waals surface area (Å²) in [7, 11) is -3.12. The number of rotatable bonds is 3. The minimum atomic E-state index is -3.12. The van der Waals surface area contributed by atoms with Crippen molar-refractivity contribution in [2.75, 3.05) is 6.26 Å². The van der Waals surface area contributed by atoms with Gasteiger partial charge in [-0.3, -0.25) is 0 Å². The lowest BCUT2D eigenvalue weighted by molar-refractivity contribution is 0.602. The van der Waals surface area contributed by atoms with Crippen LogP contribution in [0.1, 0.15) is 5.56 Å². The number of aromatic amines is 1. The molecule has 1 aromatic heterocycles. The van der Waals surface area contributed by atoms with Crippen LogP contribution in [0.2, 0.25) is 0 Å². The van der Waals surface area contributed by atoms with E-state index in [0.717, 1.165) is 5.56 Å². The molecule has 1 heterocycles. The van der Waals surface area contributed by atoms with Gasteiger partial charge in [0.25, 0.3) is 0 Å². The predicted octanol–water partition coefficient (Wildman–Crippen LogP) is 2.00. The van der Waals surface area contributed by atoms with Crippen LogP contribution in [-0.4, -0.2) is 24.2 Å². The Morgan fingerprint density at radius 2 is 1.94 bits per heavy atom. The second-order valence-corrected chi connectivity index (χ2v) is 6.21. The molecule has 6 heteroatoms. The van der Waals surface area contributed by atoms with E-state index in [-0.39, 0.29) is 0 Å². The van der Waals surface area contributed by atoms with Crippen molar-refractivity contribution in [1.29, 1.82) is 0 Å². The lowest BCUT2D eigenvalue weighted by Crippen LogP contribution is -2.00. The van der Waals surface area contributed by atoms with Crippen LogP contribution in [0.25, 0.3) is 0 Å². The molecular weight excluding hydrogens is 256 g/mol. The van der Waals surface area contributed by atoms with Gasteiger partial charge in [-0.2, -0.15) is 0 Å². The summed E-state index contributed by atoms with van der Waals surface area (Å²) in [6, 6.07) is 6.82. The van der Waals surface area contributed by atoms with E-state index < -0.39 is 9.84 Å². The Balaban J connectivity index is 2.26. The number of nitrogens with zero attached hydrogens (tertiary/aromatic N) is 1. The van der Waals surface area contributed by atoms with Gasteiger partial charge in [0, 0.05) is 25.2 Å². The van der Waals surface area contributed by atoms with Crippen LogP contribution < -0.4 is 0 Å². The molecule has 4 nitrogen and oxygen atoms in total. The topological polar surface area (TPSA) is 54.9 Å². The largest absolute Gasteiger partial charge is 0.337 e. The van der Waals surface area contributed by atoms with Crippen LogP contribution in [0.4, 0.5) is 0 Å². The van der Waals surface area contributed by atoms with Crippen molar-refractivity contribution in [3.8, 4) is 0 Å². The Kier molecular flexibility index (Phi) is 3.17. The quantitative estimate of drug-likeness (QED) is 0.866. The summed E-state index contributed by atoms with van der Waals surface area (Å²) >= 11 is 5.08. The molecule has 0 aliphatic carbocycles. The zero-order valence-electron chi connectivity index (χ0n) is 9.25. The molecule has 17 heavy (non-hydrogen) atoms. The fourth-order valence-corrected chi connectivity index (χ4v) is 2.34. The summed E-state index contributed by atoms with van der Waals surface area (Å²) in [6.07, 6.45) is 4.82. The normalized spacial score (nSPS) is 11.6. The highest BCUT2D eigenvalue weighted by atomic mass is 32.2. The third-order valence-electron chi connectivity index (χ3n) is 2.43. The van der Waals surface area contributed by atoms with E-state index in [9.17, 15) is 8.42 Å². The molecule has 0 bridgehead atoms. The molecule has 2 rings (SSSR count). The second-order valence-electron chi connectivity index (χ2n) is 3.81. The Labute approximate surface area is 105 Å². The molecule has 0 atom stereocenters. The molecule has 2 aromatic rings. The summed E-state index contributed by atoms with van der Waals surface area (Å²) < 4.78 is 25.1. The Hall–Kier alpha value is -1.40. The first-order valence-electron chi connectivity index (χ1n) is 4.99. The maximum absolute atomic E-state index is 11.3. The standard InChI is InChI=1S/C11H12N2O2S2/c1-17(14,15)10-4-2-9(3-5-10)8-13-7-6-12-11(13)16/h2-7H,8H2,1H3,(H,12,16). The smallest absolute Gasteiger partial charge is 0.177 e. The van der Waals surface area contributed by atoms with Crippen LogP contribution in [0.5, 0.6) is 0 Å². The van der Waals surface area contributed by atoms with E-state index in [1.165, 1.54) is 6.26 Å². The fraction of sp³-hybridized carbons (Fsp3) is 0.182. The molecule has 0 fully saturated rings. The van der Waals surface area contributed by atoms with Gasteiger partial charge in [0.15, 0.2) is 14.6 Å². The number of nitrogens with one attached hydrogen (secondary N) is 1. The first-order valence-corrected chi connectivity index (χ1v) is 7.29. The minimum Gasteiger partial charge on any atom is -0.337 e. The summed E-state index contributed by atoms with van der Waals surface area (Å²) in [5, 5.41) is 0. The van der Waals surface area contributed by atoms with Crippen molar-refractivity contribution in [3.05, 3.63) is 47.0 Å². The van der Waals surface area contributed by atoms with Crippen LogP contribution in [0.15, 0.2) is 41.6 Å². The van der Waals surface area contributed by atoms with Gasteiger partial charge in [0.05, 0.1) is 4.90 Å². The maximum Gasteiger partial charge on any atom is 0.177 e. The van der Waals surface area contributed by atoms with Gasteiger partial charge in [-0.1, -0.05) is 12.1 Å². The van der Waals surface area contributed by atoms with E-state index in [2.05, 4.69) is 4.98 Å². The first kappa shape index (κ1) is 12.1. The van der Waals surface area contributed by atoms with Gasteiger partial charge >= 0.3 is 0 Å². The number of hydrogen-bond acceptors (Lipinski definition) is 3. The molecule has 0 spiro atoms. The van der Waals surface area contributed by atoms with E-state index in [1.807, 2.05) is 10.8 Å². The van der Waals surface area contributed by atoms with Gasteiger partial charge in [-0.05, 0) is 29.9 Å². The van der Waals surface area contributed by atoms with Crippen LogP contribution in [0.3, 0.4) is 0 Å². The lowest BCUT2D eigenvalue weighted by atomic mass is 10.2. The Bertz CT molecular complexity index is 666. The highest BCUT2D eigenvalue weighted by molar-refractivity contribution is 7.90. The summed E-state index contributed by atoms with van der Waals surface area (Å²) in [4.78, 5) is 3.24. The number of sulfone groups is 1. The maximum atomic E-state index is 11.3. The molecule has 1 aromatic carbocycles. The molecule has 0 amide bonds. The number of imidazole rings is 1. The average molecular weight is 268 g/mol. The van der Waals surface area contributed by atoms with Crippen LogP contribution in [-0.2, 0) is 16.4 Å². The van der Waals surface area contributed by atoms with Gasteiger partial charge in [-0.25, -0.2) is 8.42 Å². The van der Waals surface area contributed by atoms with Gasteiger partial charge < -0.3 is 9.55 Å². The number of hydrogen-bond donors (Lipinski definition) is 1. The molecule has 0 saturated heterocycles. The van der Waals surface area contributed by atoms with E-state index in [4.69, 9.17) is 12.2 Å². The first-order chi connectivity index (χ1) is 7.97. The van der Waals surface area contributed by atoms with Gasteiger partial charge in [0.1, 0.15) is 0 Å². The number of benzene rings is 1.